The molecule has 0 radical (unpaired) electrons. The summed E-state index contributed by atoms with van der Waals surface area (Å²) < 4.78 is 5.53. The van der Waals surface area contributed by atoms with Crippen LogP contribution in [0.4, 0.5) is 0 Å². The van der Waals surface area contributed by atoms with Crippen LogP contribution in [0.1, 0.15) is 22.6 Å². The standard InChI is InChI=1S/C12H18N2O2S/c1-8-2-4-10(17-8)7-14-12(15)11-5-3-9(6-13)16-11/h2,4,9,11H,3,5-7,13H2,1H3,(H,14,15)/t9-,11+/m1/s1. The van der Waals surface area contributed by atoms with Crippen LogP contribution < -0.4 is 11.1 Å². The largest absolute Gasteiger partial charge is 0.364 e. The van der Waals surface area contributed by atoms with Crippen molar-refractivity contribution in [3.63, 3.8) is 0 Å². The molecule has 1 amide bonds. The highest BCUT2D eigenvalue weighted by atomic mass is 32.1. The number of hydrogen-bond donors (Lipinski definition) is 2. The van der Waals surface area contributed by atoms with Crippen LogP contribution in [0.25, 0.3) is 0 Å². The van der Waals surface area contributed by atoms with Crippen molar-refractivity contribution in [2.24, 2.45) is 5.73 Å². The zero-order valence-corrected chi connectivity index (χ0v) is 10.8. The second-order valence-corrected chi connectivity index (χ2v) is 5.66. The fraction of sp³-hybridized carbons (Fsp3) is 0.583. The second kappa shape index (κ2) is 5.62. The number of aryl methyl sites for hydroxylation is 1. The average Bonchev–Trinajstić information content (AvgIpc) is 2.94. The Hall–Kier alpha value is -0.910. The Morgan fingerprint density at radius 1 is 1.59 bits per heavy atom. The van der Waals surface area contributed by atoms with Gasteiger partial charge in [-0.15, -0.1) is 11.3 Å². The number of nitrogens with two attached hydrogens (primary N) is 1. The normalized spacial score (nSPS) is 23.9. The second-order valence-electron chi connectivity index (χ2n) is 4.29. The van der Waals surface area contributed by atoms with Gasteiger partial charge < -0.3 is 15.8 Å². The van der Waals surface area contributed by atoms with Crippen molar-refractivity contribution < 1.29 is 9.53 Å². The quantitative estimate of drug-likeness (QED) is 0.848. The Labute approximate surface area is 105 Å². The van der Waals surface area contributed by atoms with E-state index in [0.29, 0.717) is 13.1 Å². The summed E-state index contributed by atoms with van der Waals surface area (Å²) in [5.74, 6) is -0.0213. The van der Waals surface area contributed by atoms with E-state index in [2.05, 4.69) is 18.3 Å². The summed E-state index contributed by atoms with van der Waals surface area (Å²) in [6.45, 7) is 3.14. The van der Waals surface area contributed by atoms with Gasteiger partial charge in [0.05, 0.1) is 12.6 Å². The lowest BCUT2D eigenvalue weighted by Gasteiger charge is -2.12. The van der Waals surface area contributed by atoms with Crippen molar-refractivity contribution in [2.45, 2.75) is 38.5 Å². The van der Waals surface area contributed by atoms with Crippen molar-refractivity contribution in [1.29, 1.82) is 0 Å². The van der Waals surface area contributed by atoms with Crippen LogP contribution in [0.5, 0.6) is 0 Å². The average molecular weight is 254 g/mol. The topological polar surface area (TPSA) is 64.4 Å². The fourth-order valence-electron chi connectivity index (χ4n) is 1.94. The van der Waals surface area contributed by atoms with E-state index in [0.717, 1.165) is 12.8 Å². The summed E-state index contributed by atoms with van der Waals surface area (Å²) in [7, 11) is 0. The number of thiophene rings is 1. The highest BCUT2D eigenvalue weighted by Crippen LogP contribution is 2.19. The van der Waals surface area contributed by atoms with E-state index < -0.39 is 0 Å². The molecule has 17 heavy (non-hydrogen) atoms. The maximum atomic E-state index is 11.8. The molecule has 2 rings (SSSR count). The van der Waals surface area contributed by atoms with Gasteiger partial charge in [0.15, 0.2) is 0 Å². The van der Waals surface area contributed by atoms with E-state index >= 15 is 0 Å². The van der Waals surface area contributed by atoms with E-state index in [1.54, 1.807) is 11.3 Å². The molecule has 1 saturated heterocycles. The number of nitrogens with one attached hydrogen (secondary N) is 1. The van der Waals surface area contributed by atoms with E-state index in [9.17, 15) is 4.79 Å². The molecule has 1 aromatic heterocycles. The zero-order valence-electron chi connectivity index (χ0n) is 9.94. The van der Waals surface area contributed by atoms with Gasteiger partial charge in [0.25, 0.3) is 0 Å². The van der Waals surface area contributed by atoms with Gasteiger partial charge in [-0.3, -0.25) is 4.79 Å². The van der Waals surface area contributed by atoms with Crippen molar-refractivity contribution >= 4 is 17.2 Å². The molecule has 0 saturated carbocycles. The van der Waals surface area contributed by atoms with Gasteiger partial charge in [-0.05, 0) is 31.9 Å². The van der Waals surface area contributed by atoms with Gasteiger partial charge in [0.2, 0.25) is 5.91 Å². The van der Waals surface area contributed by atoms with Crippen LogP contribution in [0.2, 0.25) is 0 Å². The Morgan fingerprint density at radius 2 is 2.41 bits per heavy atom. The van der Waals surface area contributed by atoms with Crippen molar-refractivity contribution in [3.05, 3.63) is 21.9 Å². The molecule has 1 aliphatic heterocycles. The maximum Gasteiger partial charge on any atom is 0.249 e. The molecular weight excluding hydrogens is 236 g/mol. The van der Waals surface area contributed by atoms with Crippen LogP contribution in [0.15, 0.2) is 12.1 Å². The summed E-state index contributed by atoms with van der Waals surface area (Å²) in [5, 5.41) is 2.90. The van der Waals surface area contributed by atoms with Gasteiger partial charge >= 0.3 is 0 Å². The van der Waals surface area contributed by atoms with E-state index in [4.69, 9.17) is 10.5 Å². The molecule has 0 bridgehead atoms. The summed E-state index contributed by atoms with van der Waals surface area (Å²) in [6.07, 6.45) is 1.39. The van der Waals surface area contributed by atoms with Crippen molar-refractivity contribution in [1.82, 2.24) is 5.32 Å². The molecule has 0 aromatic carbocycles. The summed E-state index contributed by atoms with van der Waals surface area (Å²) in [4.78, 5) is 14.2. The Bertz CT molecular complexity index is 392. The molecule has 4 nitrogen and oxygen atoms in total. The molecule has 1 aliphatic rings. The number of rotatable bonds is 4. The third-order valence-corrected chi connectivity index (χ3v) is 3.90. The number of carbonyl (C=O) groups excluding carboxylic acids is 1. The highest BCUT2D eigenvalue weighted by molar-refractivity contribution is 7.11. The predicted molar refractivity (Wildman–Crippen MR) is 67.9 cm³/mol. The van der Waals surface area contributed by atoms with Crippen molar-refractivity contribution in [2.75, 3.05) is 6.54 Å². The van der Waals surface area contributed by atoms with Crippen LogP contribution in [-0.4, -0.2) is 24.7 Å². The lowest BCUT2D eigenvalue weighted by molar-refractivity contribution is -0.132. The maximum absolute atomic E-state index is 11.8. The van der Waals surface area contributed by atoms with Gasteiger partial charge in [0.1, 0.15) is 6.10 Å². The predicted octanol–water partition coefficient (Wildman–Crippen LogP) is 1.18. The highest BCUT2D eigenvalue weighted by Gasteiger charge is 2.29. The minimum Gasteiger partial charge on any atom is -0.364 e. The van der Waals surface area contributed by atoms with Gasteiger partial charge in [-0.25, -0.2) is 0 Å². The molecule has 2 atom stereocenters. The Kier molecular flexibility index (Phi) is 4.15. The van der Waals surface area contributed by atoms with Gasteiger partial charge in [0, 0.05) is 16.3 Å². The first-order valence-corrected chi connectivity index (χ1v) is 6.69. The van der Waals surface area contributed by atoms with E-state index in [1.807, 2.05) is 6.07 Å². The molecule has 1 fully saturated rings. The molecule has 3 N–H and O–H groups in total. The Balaban J connectivity index is 1.78. The number of carbonyl (C=O) groups is 1. The summed E-state index contributed by atoms with van der Waals surface area (Å²) >= 11 is 1.70. The van der Waals surface area contributed by atoms with Crippen LogP contribution >= 0.6 is 11.3 Å². The molecule has 5 heteroatoms. The monoisotopic (exact) mass is 254 g/mol. The molecule has 2 heterocycles. The third kappa shape index (κ3) is 3.28. The molecule has 94 valence electrons. The Morgan fingerprint density at radius 3 is 3.00 bits per heavy atom. The van der Waals surface area contributed by atoms with Gasteiger partial charge in [-0.1, -0.05) is 0 Å². The third-order valence-electron chi connectivity index (χ3n) is 2.90. The summed E-state index contributed by atoms with van der Waals surface area (Å²) in [6, 6.07) is 4.10. The number of hydrogen-bond acceptors (Lipinski definition) is 4. The van der Waals surface area contributed by atoms with Crippen LogP contribution in [0, 0.1) is 6.92 Å². The van der Waals surface area contributed by atoms with Gasteiger partial charge in [-0.2, -0.15) is 0 Å². The first-order valence-electron chi connectivity index (χ1n) is 5.87. The first-order chi connectivity index (χ1) is 8.19. The van der Waals surface area contributed by atoms with E-state index in [-0.39, 0.29) is 18.1 Å². The van der Waals surface area contributed by atoms with Crippen LogP contribution in [0.3, 0.4) is 0 Å². The minimum absolute atomic E-state index is 0.0213. The fourth-order valence-corrected chi connectivity index (χ4v) is 2.77. The molecular formula is C12H18N2O2S. The smallest absolute Gasteiger partial charge is 0.249 e. The first kappa shape index (κ1) is 12.5. The molecule has 1 aromatic rings. The number of amides is 1. The minimum atomic E-state index is -0.315. The van der Waals surface area contributed by atoms with Crippen LogP contribution in [-0.2, 0) is 16.1 Å². The lowest BCUT2D eigenvalue weighted by Crippen LogP contribution is -2.34. The molecule has 0 unspecified atom stereocenters. The number of ether oxygens (including phenoxy) is 1. The molecule has 0 spiro atoms. The summed E-state index contributed by atoms with van der Waals surface area (Å²) in [5.41, 5.74) is 5.51. The molecule has 0 aliphatic carbocycles. The zero-order chi connectivity index (χ0) is 12.3. The lowest BCUT2D eigenvalue weighted by atomic mass is 10.2. The van der Waals surface area contributed by atoms with Crippen molar-refractivity contribution in [3.8, 4) is 0 Å². The van der Waals surface area contributed by atoms with E-state index in [1.165, 1.54) is 9.75 Å². The SMILES string of the molecule is Cc1ccc(CNC(=O)[C@@H]2CC[C@H](CN)O2)s1.